The summed E-state index contributed by atoms with van der Waals surface area (Å²) in [6, 6.07) is 9.29. The molecule has 4 rings (SSSR count). The molecule has 2 heterocycles. The van der Waals surface area contributed by atoms with Crippen molar-refractivity contribution in [3.05, 3.63) is 41.8 Å². The van der Waals surface area contributed by atoms with Gasteiger partial charge in [0.15, 0.2) is 11.0 Å². The number of anilines is 1. The summed E-state index contributed by atoms with van der Waals surface area (Å²) in [6.45, 7) is 0. The molecule has 0 radical (unpaired) electrons. The number of thioether (sulfide) groups is 1. The number of hydrogen-bond donors (Lipinski definition) is 1. The summed E-state index contributed by atoms with van der Waals surface area (Å²) < 4.78 is 42.5. The van der Waals surface area contributed by atoms with Crippen molar-refractivity contribution in [1.82, 2.24) is 14.8 Å². The Kier molecular flexibility index (Phi) is 5.50. The van der Waals surface area contributed by atoms with Crippen LogP contribution in [0.5, 0.6) is 5.75 Å². The van der Waals surface area contributed by atoms with E-state index < -0.39 is 6.36 Å². The van der Waals surface area contributed by atoms with Gasteiger partial charge in [-0.3, -0.25) is 9.36 Å². The monoisotopic (exact) mass is 440 g/mol. The molecular weight excluding hydrogens is 425 g/mol. The standard InChI is InChI=1S/C18H15F3N4O2S2/c19-18(20,21)27-13-7-3-11(4-8-13)22-15(26)10-29-17-24-23-16(14-2-1-9-28-14)25(17)12-5-6-12/h1-4,7-9,12H,5-6,10H2,(H,22,26). The van der Waals surface area contributed by atoms with Crippen molar-refractivity contribution < 1.29 is 22.7 Å². The molecule has 0 unspecified atom stereocenters. The molecule has 0 atom stereocenters. The SMILES string of the molecule is O=C(CSc1nnc(-c2cccs2)n1C1CC1)Nc1ccc(OC(F)(F)F)cc1. The molecule has 2 aromatic heterocycles. The number of nitrogens with one attached hydrogen (secondary N) is 1. The van der Waals surface area contributed by atoms with Crippen LogP contribution in [0, 0.1) is 0 Å². The number of benzene rings is 1. The van der Waals surface area contributed by atoms with Crippen molar-refractivity contribution in [3.8, 4) is 16.5 Å². The van der Waals surface area contributed by atoms with Crippen LogP contribution in [0.25, 0.3) is 10.7 Å². The highest BCUT2D eigenvalue weighted by Gasteiger charge is 2.31. The molecule has 1 amide bonds. The molecule has 11 heteroatoms. The largest absolute Gasteiger partial charge is 0.573 e. The molecular formula is C18H15F3N4O2S2. The lowest BCUT2D eigenvalue weighted by Gasteiger charge is -2.10. The molecule has 1 saturated carbocycles. The van der Waals surface area contributed by atoms with Crippen LogP contribution in [-0.4, -0.2) is 32.8 Å². The molecule has 1 aliphatic rings. The van der Waals surface area contributed by atoms with Crippen molar-refractivity contribution in [1.29, 1.82) is 0 Å². The van der Waals surface area contributed by atoms with Gasteiger partial charge in [-0.1, -0.05) is 17.8 Å². The van der Waals surface area contributed by atoms with E-state index in [4.69, 9.17) is 0 Å². The Balaban J connectivity index is 1.37. The van der Waals surface area contributed by atoms with Gasteiger partial charge in [-0.15, -0.1) is 34.7 Å². The predicted octanol–water partition coefficient (Wildman–Crippen LogP) is 4.97. The second-order valence-electron chi connectivity index (χ2n) is 6.29. The number of alkyl halides is 3. The van der Waals surface area contributed by atoms with Gasteiger partial charge < -0.3 is 10.1 Å². The molecule has 1 N–H and O–H groups in total. The minimum Gasteiger partial charge on any atom is -0.406 e. The predicted molar refractivity (Wildman–Crippen MR) is 104 cm³/mol. The van der Waals surface area contributed by atoms with E-state index in [1.807, 2.05) is 17.5 Å². The number of carbonyl (C=O) groups excluding carboxylic acids is 1. The Bertz CT molecular complexity index is 984. The average molecular weight is 440 g/mol. The topological polar surface area (TPSA) is 69.0 Å². The summed E-state index contributed by atoms with van der Waals surface area (Å²) in [6.07, 6.45) is -2.63. The molecule has 0 saturated heterocycles. The van der Waals surface area contributed by atoms with Crippen LogP contribution >= 0.6 is 23.1 Å². The summed E-state index contributed by atoms with van der Waals surface area (Å²) in [7, 11) is 0. The molecule has 1 aliphatic carbocycles. The lowest BCUT2D eigenvalue weighted by atomic mass is 10.3. The third kappa shape index (κ3) is 5.10. The van der Waals surface area contributed by atoms with Crippen molar-refractivity contribution >= 4 is 34.7 Å². The minimum atomic E-state index is -4.75. The smallest absolute Gasteiger partial charge is 0.406 e. The van der Waals surface area contributed by atoms with Crippen LogP contribution in [0.3, 0.4) is 0 Å². The maximum atomic E-state index is 12.2. The van der Waals surface area contributed by atoms with Crippen LogP contribution in [0.4, 0.5) is 18.9 Å². The molecule has 29 heavy (non-hydrogen) atoms. The van der Waals surface area contributed by atoms with E-state index in [0.29, 0.717) is 16.9 Å². The van der Waals surface area contributed by atoms with Gasteiger partial charge in [-0.05, 0) is 48.6 Å². The van der Waals surface area contributed by atoms with Gasteiger partial charge in [0.25, 0.3) is 0 Å². The Morgan fingerprint density at radius 2 is 2.00 bits per heavy atom. The molecule has 3 aromatic rings. The third-order valence-corrected chi connectivity index (χ3v) is 5.83. The minimum absolute atomic E-state index is 0.107. The maximum Gasteiger partial charge on any atom is 0.573 e. The highest BCUT2D eigenvalue weighted by Crippen LogP contribution is 2.41. The number of hydrogen-bond acceptors (Lipinski definition) is 6. The summed E-state index contributed by atoms with van der Waals surface area (Å²) >= 11 is 2.87. The zero-order valence-corrected chi connectivity index (χ0v) is 16.5. The Hall–Kier alpha value is -2.53. The lowest BCUT2D eigenvalue weighted by Crippen LogP contribution is -2.17. The number of carbonyl (C=O) groups is 1. The molecule has 0 spiro atoms. The normalized spacial score (nSPS) is 14.0. The zero-order chi connectivity index (χ0) is 20.4. The van der Waals surface area contributed by atoms with Crippen LogP contribution in [0.2, 0.25) is 0 Å². The van der Waals surface area contributed by atoms with Crippen LogP contribution in [-0.2, 0) is 4.79 Å². The first-order valence-electron chi connectivity index (χ1n) is 8.66. The van der Waals surface area contributed by atoms with E-state index >= 15 is 0 Å². The van der Waals surface area contributed by atoms with E-state index in [0.717, 1.165) is 35.7 Å². The van der Waals surface area contributed by atoms with Gasteiger partial charge in [-0.2, -0.15) is 0 Å². The molecule has 6 nitrogen and oxygen atoms in total. The Labute approximate surface area is 172 Å². The van der Waals surface area contributed by atoms with Gasteiger partial charge >= 0.3 is 6.36 Å². The second-order valence-corrected chi connectivity index (χ2v) is 8.18. The van der Waals surface area contributed by atoms with Crippen LogP contribution < -0.4 is 10.1 Å². The van der Waals surface area contributed by atoms with E-state index in [-0.39, 0.29) is 17.4 Å². The summed E-state index contributed by atoms with van der Waals surface area (Å²) in [5.74, 6) is 0.285. The van der Waals surface area contributed by atoms with E-state index in [1.165, 1.54) is 23.9 Å². The molecule has 0 aliphatic heterocycles. The van der Waals surface area contributed by atoms with Crippen molar-refractivity contribution in [2.24, 2.45) is 0 Å². The van der Waals surface area contributed by atoms with E-state index in [9.17, 15) is 18.0 Å². The van der Waals surface area contributed by atoms with E-state index in [1.54, 1.807) is 11.3 Å². The maximum absolute atomic E-state index is 12.2. The quantitative estimate of drug-likeness (QED) is 0.526. The van der Waals surface area contributed by atoms with Gasteiger partial charge in [0.2, 0.25) is 5.91 Å². The Morgan fingerprint density at radius 3 is 2.62 bits per heavy atom. The van der Waals surface area contributed by atoms with Crippen molar-refractivity contribution in [2.75, 3.05) is 11.1 Å². The number of rotatable bonds is 7. The highest BCUT2D eigenvalue weighted by atomic mass is 32.2. The van der Waals surface area contributed by atoms with Crippen molar-refractivity contribution in [3.63, 3.8) is 0 Å². The average Bonchev–Trinajstić information content (AvgIpc) is 3.18. The second kappa shape index (κ2) is 8.07. The van der Waals surface area contributed by atoms with Gasteiger partial charge in [0.05, 0.1) is 10.6 Å². The Morgan fingerprint density at radius 1 is 1.24 bits per heavy atom. The van der Waals surface area contributed by atoms with Gasteiger partial charge in [0, 0.05) is 11.7 Å². The first kappa shape index (κ1) is 19.8. The first-order chi connectivity index (χ1) is 13.9. The number of ether oxygens (including phenoxy) is 1. The zero-order valence-electron chi connectivity index (χ0n) is 14.8. The highest BCUT2D eigenvalue weighted by molar-refractivity contribution is 7.99. The van der Waals surface area contributed by atoms with Gasteiger partial charge in [0.1, 0.15) is 5.75 Å². The summed E-state index contributed by atoms with van der Waals surface area (Å²) in [4.78, 5) is 13.3. The van der Waals surface area contributed by atoms with Crippen molar-refractivity contribution in [2.45, 2.75) is 30.4 Å². The number of amides is 1. The molecule has 152 valence electrons. The summed E-state index contributed by atoms with van der Waals surface area (Å²) in [5, 5.41) is 13.8. The number of aromatic nitrogens is 3. The fraction of sp³-hybridized carbons (Fsp3) is 0.278. The fourth-order valence-corrected chi connectivity index (χ4v) is 4.19. The van der Waals surface area contributed by atoms with Crippen LogP contribution in [0.1, 0.15) is 18.9 Å². The van der Waals surface area contributed by atoms with Gasteiger partial charge in [-0.25, -0.2) is 0 Å². The molecule has 0 bridgehead atoms. The lowest BCUT2D eigenvalue weighted by molar-refractivity contribution is -0.274. The first-order valence-corrected chi connectivity index (χ1v) is 10.5. The third-order valence-electron chi connectivity index (χ3n) is 4.02. The van der Waals surface area contributed by atoms with Crippen LogP contribution in [0.15, 0.2) is 46.9 Å². The summed E-state index contributed by atoms with van der Waals surface area (Å²) in [5.41, 5.74) is 0.382. The fourth-order valence-electron chi connectivity index (χ4n) is 2.68. The number of thiophene rings is 1. The van der Waals surface area contributed by atoms with E-state index in [2.05, 4.69) is 24.8 Å². The molecule has 1 fully saturated rings. The number of nitrogens with zero attached hydrogens (tertiary/aromatic N) is 3. The molecule has 1 aromatic carbocycles. The number of halogens is 3.